The molecule has 2 aromatic rings. The Labute approximate surface area is 154 Å². The molecule has 7 nitrogen and oxygen atoms in total. The number of anilines is 1. The predicted octanol–water partition coefficient (Wildman–Crippen LogP) is 3.10. The van der Waals surface area contributed by atoms with Gasteiger partial charge in [-0.25, -0.2) is 0 Å². The molecule has 2 amide bonds. The molecule has 0 spiro atoms. The van der Waals surface area contributed by atoms with Gasteiger partial charge < -0.3 is 20.2 Å². The summed E-state index contributed by atoms with van der Waals surface area (Å²) < 4.78 is 5.17. The summed E-state index contributed by atoms with van der Waals surface area (Å²) in [6, 6.07) is 5.12. The number of hydrogen-bond acceptors (Lipinski definition) is 5. The number of aliphatic carboxylic acids is 1. The predicted molar refractivity (Wildman–Crippen MR) is 95.9 cm³/mol. The van der Waals surface area contributed by atoms with Crippen LogP contribution in [-0.4, -0.2) is 22.9 Å². The maximum Gasteiger partial charge on any atom is 0.307 e. The second-order valence-corrected chi connectivity index (χ2v) is 7.17. The van der Waals surface area contributed by atoms with Crippen LogP contribution >= 0.6 is 11.3 Å². The fraction of sp³-hybridized carbons (Fsp3) is 0.389. The van der Waals surface area contributed by atoms with Gasteiger partial charge in [-0.15, -0.1) is 11.3 Å². The normalized spacial score (nSPS) is 19.7. The molecule has 0 radical (unpaired) electrons. The monoisotopic (exact) mass is 376 g/mol. The van der Waals surface area contributed by atoms with Crippen LogP contribution in [0.1, 0.15) is 41.8 Å². The summed E-state index contributed by atoms with van der Waals surface area (Å²) in [5.41, 5.74) is 0.359. The van der Waals surface area contributed by atoms with Gasteiger partial charge in [-0.2, -0.15) is 0 Å². The number of carboxylic acid groups (broad SMARTS) is 1. The van der Waals surface area contributed by atoms with Crippen LogP contribution in [0.4, 0.5) is 5.00 Å². The van der Waals surface area contributed by atoms with Gasteiger partial charge in [0.05, 0.1) is 30.2 Å². The van der Waals surface area contributed by atoms with Crippen molar-refractivity contribution in [3.8, 4) is 0 Å². The van der Waals surface area contributed by atoms with E-state index in [1.807, 2.05) is 0 Å². The first kappa shape index (κ1) is 18.2. The molecule has 0 bridgehead atoms. The molecule has 0 unspecified atom stereocenters. The minimum absolute atomic E-state index is 0.249. The number of carboxylic acids is 1. The van der Waals surface area contributed by atoms with E-state index in [1.54, 1.807) is 23.6 Å². The standard InChI is InChI=1S/C18H20N2O5S/c21-15(19-10-11-4-3-8-25-11)14-7-9-26-17(14)20-16(22)12-5-1-2-6-13(12)18(23)24/h3-4,7-9,12-13H,1-2,5-6,10H2,(H,19,21)(H,20,22)(H,23,24)/t12-,13-/m1/s1. The Morgan fingerprint density at radius 1 is 1.19 bits per heavy atom. The van der Waals surface area contributed by atoms with Crippen molar-refractivity contribution in [3.63, 3.8) is 0 Å². The minimum atomic E-state index is -0.938. The van der Waals surface area contributed by atoms with Crippen LogP contribution in [0, 0.1) is 11.8 Å². The summed E-state index contributed by atoms with van der Waals surface area (Å²) in [7, 11) is 0. The van der Waals surface area contributed by atoms with Crippen molar-refractivity contribution < 1.29 is 23.9 Å². The maximum atomic E-state index is 12.6. The molecule has 8 heteroatoms. The summed E-state index contributed by atoms with van der Waals surface area (Å²) in [6.07, 6.45) is 4.24. The average Bonchev–Trinajstić information content (AvgIpc) is 3.31. The highest BCUT2D eigenvalue weighted by Gasteiger charge is 2.36. The quantitative estimate of drug-likeness (QED) is 0.718. The van der Waals surface area contributed by atoms with Crippen LogP contribution in [0.15, 0.2) is 34.3 Å². The Bertz CT molecular complexity index is 783. The molecular formula is C18H20N2O5S. The van der Waals surface area contributed by atoms with Crippen molar-refractivity contribution in [2.75, 3.05) is 5.32 Å². The van der Waals surface area contributed by atoms with Crippen molar-refractivity contribution in [2.45, 2.75) is 32.2 Å². The van der Waals surface area contributed by atoms with Gasteiger partial charge in [-0.05, 0) is 36.4 Å². The van der Waals surface area contributed by atoms with E-state index in [0.29, 0.717) is 29.2 Å². The molecule has 26 heavy (non-hydrogen) atoms. The number of rotatable bonds is 6. The van der Waals surface area contributed by atoms with Crippen molar-refractivity contribution in [3.05, 3.63) is 41.2 Å². The lowest BCUT2D eigenvalue weighted by Gasteiger charge is -2.27. The average molecular weight is 376 g/mol. The molecule has 1 aliphatic carbocycles. The first-order valence-electron chi connectivity index (χ1n) is 8.48. The second-order valence-electron chi connectivity index (χ2n) is 6.25. The molecule has 2 aromatic heterocycles. The molecule has 2 heterocycles. The fourth-order valence-electron chi connectivity index (χ4n) is 3.21. The Kier molecular flexibility index (Phi) is 5.72. The molecule has 3 rings (SSSR count). The molecule has 0 saturated heterocycles. The minimum Gasteiger partial charge on any atom is -0.481 e. The summed E-state index contributed by atoms with van der Waals surface area (Å²) in [4.78, 5) is 36.3. The van der Waals surface area contributed by atoms with Gasteiger partial charge in [-0.1, -0.05) is 12.8 Å². The highest BCUT2D eigenvalue weighted by molar-refractivity contribution is 7.14. The van der Waals surface area contributed by atoms with E-state index in [1.165, 1.54) is 17.6 Å². The zero-order chi connectivity index (χ0) is 18.5. The van der Waals surface area contributed by atoms with Crippen molar-refractivity contribution >= 4 is 34.1 Å². The molecule has 2 atom stereocenters. The molecule has 1 fully saturated rings. The second kappa shape index (κ2) is 8.18. The van der Waals surface area contributed by atoms with Crippen LogP contribution in [0.25, 0.3) is 0 Å². The number of furan rings is 1. The fourth-order valence-corrected chi connectivity index (χ4v) is 3.99. The maximum absolute atomic E-state index is 12.6. The van der Waals surface area contributed by atoms with Crippen LogP contribution in [0.2, 0.25) is 0 Å². The molecular weight excluding hydrogens is 356 g/mol. The lowest BCUT2D eigenvalue weighted by Crippen LogP contribution is -2.36. The number of carbonyl (C=O) groups excluding carboxylic acids is 2. The van der Waals surface area contributed by atoms with E-state index in [4.69, 9.17) is 4.42 Å². The van der Waals surface area contributed by atoms with E-state index in [-0.39, 0.29) is 18.4 Å². The summed E-state index contributed by atoms with van der Waals surface area (Å²) >= 11 is 1.24. The van der Waals surface area contributed by atoms with E-state index < -0.39 is 17.8 Å². The van der Waals surface area contributed by atoms with E-state index in [9.17, 15) is 19.5 Å². The number of hydrogen-bond donors (Lipinski definition) is 3. The number of amides is 2. The Morgan fingerprint density at radius 3 is 2.65 bits per heavy atom. The SMILES string of the molecule is O=C(NCc1ccco1)c1ccsc1NC(=O)[C@@H]1CCCC[C@H]1C(=O)O. The Hall–Kier alpha value is -2.61. The van der Waals surface area contributed by atoms with Crippen LogP contribution < -0.4 is 10.6 Å². The van der Waals surface area contributed by atoms with Gasteiger partial charge in [-0.3, -0.25) is 14.4 Å². The van der Waals surface area contributed by atoms with Crippen molar-refractivity contribution in [2.24, 2.45) is 11.8 Å². The Balaban J connectivity index is 1.65. The lowest BCUT2D eigenvalue weighted by atomic mass is 9.79. The zero-order valence-electron chi connectivity index (χ0n) is 14.1. The van der Waals surface area contributed by atoms with Gasteiger partial charge in [0.2, 0.25) is 5.91 Å². The topological polar surface area (TPSA) is 109 Å². The van der Waals surface area contributed by atoms with E-state index >= 15 is 0 Å². The van der Waals surface area contributed by atoms with Crippen molar-refractivity contribution in [1.82, 2.24) is 5.32 Å². The smallest absolute Gasteiger partial charge is 0.307 e. The highest BCUT2D eigenvalue weighted by Crippen LogP contribution is 2.32. The molecule has 3 N–H and O–H groups in total. The number of nitrogens with one attached hydrogen (secondary N) is 2. The van der Waals surface area contributed by atoms with E-state index in [2.05, 4.69) is 10.6 Å². The molecule has 0 aliphatic heterocycles. The summed E-state index contributed by atoms with van der Waals surface area (Å²) in [5, 5.41) is 17.0. The third kappa shape index (κ3) is 4.13. The van der Waals surface area contributed by atoms with Gasteiger partial charge in [0.1, 0.15) is 10.8 Å². The summed E-state index contributed by atoms with van der Waals surface area (Å²) in [5.74, 6) is -2.20. The van der Waals surface area contributed by atoms with E-state index in [0.717, 1.165) is 12.8 Å². The number of thiophene rings is 1. The van der Waals surface area contributed by atoms with Gasteiger partial charge in [0, 0.05) is 0 Å². The van der Waals surface area contributed by atoms with Gasteiger partial charge >= 0.3 is 5.97 Å². The first-order chi connectivity index (χ1) is 12.6. The lowest BCUT2D eigenvalue weighted by molar-refractivity contribution is -0.147. The van der Waals surface area contributed by atoms with Crippen LogP contribution in [-0.2, 0) is 16.1 Å². The zero-order valence-corrected chi connectivity index (χ0v) is 14.9. The molecule has 0 aromatic carbocycles. The molecule has 1 aliphatic rings. The largest absolute Gasteiger partial charge is 0.481 e. The third-order valence-electron chi connectivity index (χ3n) is 4.57. The molecule has 138 valence electrons. The summed E-state index contributed by atoms with van der Waals surface area (Å²) in [6.45, 7) is 0.249. The third-order valence-corrected chi connectivity index (χ3v) is 5.40. The van der Waals surface area contributed by atoms with Gasteiger partial charge in [0.15, 0.2) is 0 Å². The number of carbonyl (C=O) groups is 3. The van der Waals surface area contributed by atoms with Crippen LogP contribution in [0.5, 0.6) is 0 Å². The highest BCUT2D eigenvalue weighted by atomic mass is 32.1. The first-order valence-corrected chi connectivity index (χ1v) is 9.36. The Morgan fingerprint density at radius 2 is 1.96 bits per heavy atom. The van der Waals surface area contributed by atoms with Crippen LogP contribution in [0.3, 0.4) is 0 Å². The van der Waals surface area contributed by atoms with Crippen molar-refractivity contribution in [1.29, 1.82) is 0 Å². The molecule has 1 saturated carbocycles. The van der Waals surface area contributed by atoms with Gasteiger partial charge in [0.25, 0.3) is 5.91 Å².